The van der Waals surface area contributed by atoms with E-state index in [1.807, 2.05) is 60.7 Å². The van der Waals surface area contributed by atoms with Gasteiger partial charge < -0.3 is 30.7 Å². The molecule has 0 saturated heterocycles. The van der Waals surface area contributed by atoms with Crippen LogP contribution in [0.5, 0.6) is 5.75 Å². The largest absolute Gasteiger partial charge is 0.508 e. The van der Waals surface area contributed by atoms with Crippen molar-refractivity contribution in [2.75, 3.05) is 0 Å². The third-order valence-electron chi connectivity index (χ3n) is 7.26. The number of nitrogens with one attached hydrogen (secondary N) is 2. The molecule has 41 heavy (non-hydrogen) atoms. The number of benzene rings is 3. The Labute approximate surface area is 241 Å². The van der Waals surface area contributed by atoms with Crippen molar-refractivity contribution < 1.29 is 29.6 Å². The molecule has 1 aliphatic rings. The molecule has 0 unspecified atom stereocenters. The topological polar surface area (TPSA) is 128 Å². The van der Waals surface area contributed by atoms with Crippen molar-refractivity contribution in [1.29, 1.82) is 0 Å². The van der Waals surface area contributed by atoms with Crippen LogP contribution < -0.4 is 10.6 Å². The summed E-state index contributed by atoms with van der Waals surface area (Å²) in [4.78, 5) is 26.5. The molecule has 0 saturated carbocycles. The van der Waals surface area contributed by atoms with E-state index in [1.165, 1.54) is 0 Å². The highest BCUT2D eigenvalue weighted by Gasteiger charge is 2.35. The smallest absolute Gasteiger partial charge is 0.407 e. The molecular formula is C33H40N2O6. The van der Waals surface area contributed by atoms with E-state index >= 15 is 0 Å². The monoisotopic (exact) mass is 560 g/mol. The Morgan fingerprint density at radius 1 is 0.951 bits per heavy atom. The van der Waals surface area contributed by atoms with Gasteiger partial charge in [-0.15, -0.1) is 0 Å². The fourth-order valence-corrected chi connectivity index (χ4v) is 5.34. The van der Waals surface area contributed by atoms with Crippen LogP contribution in [0.2, 0.25) is 0 Å². The van der Waals surface area contributed by atoms with Gasteiger partial charge in [-0.2, -0.15) is 0 Å². The maximum atomic E-state index is 13.8. The van der Waals surface area contributed by atoms with E-state index in [9.17, 15) is 24.9 Å². The van der Waals surface area contributed by atoms with E-state index in [0.29, 0.717) is 12.8 Å². The Morgan fingerprint density at radius 2 is 1.63 bits per heavy atom. The summed E-state index contributed by atoms with van der Waals surface area (Å²) >= 11 is 0. The van der Waals surface area contributed by atoms with Crippen LogP contribution in [-0.2, 0) is 28.8 Å². The maximum absolute atomic E-state index is 13.8. The molecule has 3 aromatic carbocycles. The molecule has 0 spiro atoms. The number of aliphatic hydroxyl groups is 2. The van der Waals surface area contributed by atoms with Crippen LogP contribution in [0.15, 0.2) is 78.9 Å². The maximum Gasteiger partial charge on any atom is 0.407 e. The van der Waals surface area contributed by atoms with Gasteiger partial charge in [0.15, 0.2) is 0 Å². The first-order chi connectivity index (χ1) is 19.5. The lowest BCUT2D eigenvalue weighted by Crippen LogP contribution is -2.48. The van der Waals surface area contributed by atoms with Crippen molar-refractivity contribution in [3.05, 3.63) is 101 Å². The first kappa shape index (κ1) is 30.1. The Hall–Kier alpha value is -3.88. The zero-order valence-electron chi connectivity index (χ0n) is 23.8. The van der Waals surface area contributed by atoms with Crippen LogP contribution in [0.25, 0.3) is 0 Å². The van der Waals surface area contributed by atoms with Gasteiger partial charge in [-0.05, 0) is 74.4 Å². The van der Waals surface area contributed by atoms with Crippen molar-refractivity contribution in [3.63, 3.8) is 0 Å². The van der Waals surface area contributed by atoms with Crippen molar-refractivity contribution in [1.82, 2.24) is 10.6 Å². The molecule has 5 N–H and O–H groups in total. The van der Waals surface area contributed by atoms with Crippen LogP contribution in [0.4, 0.5) is 4.79 Å². The second-order valence-corrected chi connectivity index (χ2v) is 11.8. The zero-order valence-corrected chi connectivity index (χ0v) is 23.8. The number of aliphatic hydroxyl groups excluding tert-OH is 2. The Morgan fingerprint density at radius 3 is 2.34 bits per heavy atom. The quantitative estimate of drug-likeness (QED) is 0.253. The Balaban J connectivity index is 1.56. The van der Waals surface area contributed by atoms with Gasteiger partial charge in [-0.1, -0.05) is 66.7 Å². The van der Waals surface area contributed by atoms with Crippen LogP contribution in [0.1, 0.15) is 55.5 Å². The van der Waals surface area contributed by atoms with Gasteiger partial charge in [-0.25, -0.2) is 4.79 Å². The predicted octanol–water partition coefficient (Wildman–Crippen LogP) is 4.21. The standard InChI is InChI=1S/C33H40N2O6/c1-33(2,3)41-32(40)34-27(18-21-10-5-4-6-11-21)28(37)20-24(16-22-12-9-14-25(36)17-22)31(39)35-30-26-15-8-7-13-23(26)19-29(30)38/h4-15,17,24,27-30,36-38H,16,18-20H2,1-3H3,(H,34,40)(H,35,39)/t24-,27-,28-,29+,30-/m0/s1. The number of phenols is 1. The van der Waals surface area contributed by atoms with Gasteiger partial charge in [0.2, 0.25) is 5.91 Å². The molecule has 0 aliphatic heterocycles. The zero-order chi connectivity index (χ0) is 29.6. The number of phenolic OH excluding ortho intramolecular Hbond substituents is 1. The molecule has 8 nitrogen and oxygen atoms in total. The SMILES string of the molecule is CC(C)(C)OC(=O)N[C@@H](Cc1ccccc1)[C@@H](O)C[C@H](Cc1cccc(O)c1)C(=O)N[C@H]1c2ccccc2C[C@H]1O. The molecular weight excluding hydrogens is 520 g/mol. The van der Waals surface area contributed by atoms with Crippen LogP contribution in [0.3, 0.4) is 0 Å². The van der Waals surface area contributed by atoms with E-state index in [4.69, 9.17) is 4.74 Å². The van der Waals surface area contributed by atoms with Gasteiger partial charge in [0.05, 0.1) is 24.3 Å². The fourth-order valence-electron chi connectivity index (χ4n) is 5.34. The van der Waals surface area contributed by atoms with Crippen molar-refractivity contribution in [2.45, 2.75) is 76.3 Å². The minimum Gasteiger partial charge on any atom is -0.508 e. The number of carbonyl (C=O) groups is 2. The molecule has 218 valence electrons. The number of rotatable bonds is 10. The Bertz CT molecular complexity index is 1320. The van der Waals surface area contributed by atoms with Gasteiger partial charge in [0, 0.05) is 12.3 Å². The van der Waals surface area contributed by atoms with Gasteiger partial charge in [0.1, 0.15) is 11.4 Å². The predicted molar refractivity (Wildman–Crippen MR) is 156 cm³/mol. The van der Waals surface area contributed by atoms with Crippen LogP contribution >= 0.6 is 0 Å². The second kappa shape index (κ2) is 13.2. The first-order valence-electron chi connectivity index (χ1n) is 14.0. The summed E-state index contributed by atoms with van der Waals surface area (Å²) in [5.74, 6) is -0.967. The van der Waals surface area contributed by atoms with E-state index in [2.05, 4.69) is 10.6 Å². The molecule has 0 radical (unpaired) electrons. The molecule has 2 amide bonds. The summed E-state index contributed by atoms with van der Waals surface area (Å²) in [5.41, 5.74) is 2.78. The molecule has 3 aromatic rings. The second-order valence-electron chi connectivity index (χ2n) is 11.8. The number of carbonyl (C=O) groups excluding carboxylic acids is 2. The number of alkyl carbamates (subject to hydrolysis) is 1. The number of fused-ring (bicyclic) bond motifs is 1. The number of amides is 2. The van der Waals surface area contributed by atoms with E-state index in [1.54, 1.807) is 39.0 Å². The minimum atomic E-state index is -1.10. The van der Waals surface area contributed by atoms with Gasteiger partial charge >= 0.3 is 6.09 Å². The van der Waals surface area contributed by atoms with Crippen molar-refractivity contribution in [2.24, 2.45) is 5.92 Å². The van der Waals surface area contributed by atoms with Gasteiger partial charge in [0.25, 0.3) is 0 Å². The van der Waals surface area contributed by atoms with Crippen LogP contribution in [0, 0.1) is 5.92 Å². The third-order valence-corrected chi connectivity index (χ3v) is 7.26. The van der Waals surface area contributed by atoms with Gasteiger partial charge in [-0.3, -0.25) is 4.79 Å². The third kappa shape index (κ3) is 8.55. The first-order valence-corrected chi connectivity index (χ1v) is 14.0. The highest BCUT2D eigenvalue weighted by Crippen LogP contribution is 2.32. The van der Waals surface area contributed by atoms with E-state index in [-0.39, 0.29) is 24.5 Å². The summed E-state index contributed by atoms with van der Waals surface area (Å²) in [6.07, 6.45) is -1.47. The molecule has 0 bridgehead atoms. The number of hydrogen-bond donors (Lipinski definition) is 5. The molecule has 8 heteroatoms. The average molecular weight is 561 g/mol. The summed E-state index contributed by atoms with van der Waals surface area (Å²) in [7, 11) is 0. The highest BCUT2D eigenvalue weighted by molar-refractivity contribution is 5.80. The normalized spacial score (nSPS) is 18.6. The average Bonchev–Trinajstić information content (AvgIpc) is 3.22. The number of aromatic hydroxyl groups is 1. The lowest BCUT2D eigenvalue weighted by molar-refractivity contribution is -0.127. The molecule has 0 aromatic heterocycles. The van der Waals surface area contributed by atoms with E-state index < -0.39 is 41.9 Å². The lowest BCUT2D eigenvalue weighted by atomic mass is 9.88. The van der Waals surface area contributed by atoms with Crippen molar-refractivity contribution >= 4 is 12.0 Å². The van der Waals surface area contributed by atoms with Crippen LogP contribution in [-0.4, -0.2) is 51.2 Å². The Kier molecular flexibility index (Phi) is 9.68. The molecule has 0 heterocycles. The summed E-state index contributed by atoms with van der Waals surface area (Å²) in [5, 5.41) is 38.1. The molecule has 0 fully saturated rings. The molecule has 1 aliphatic carbocycles. The summed E-state index contributed by atoms with van der Waals surface area (Å²) in [6, 6.07) is 22.5. The highest BCUT2D eigenvalue weighted by atomic mass is 16.6. The fraction of sp³-hybridized carbons (Fsp3) is 0.394. The molecule has 5 atom stereocenters. The molecule has 4 rings (SSSR count). The minimum absolute atomic E-state index is 0.0270. The summed E-state index contributed by atoms with van der Waals surface area (Å²) in [6.45, 7) is 5.29. The summed E-state index contributed by atoms with van der Waals surface area (Å²) < 4.78 is 5.46. The number of hydrogen-bond acceptors (Lipinski definition) is 6. The lowest BCUT2D eigenvalue weighted by Gasteiger charge is -2.29. The number of ether oxygens (including phenoxy) is 1. The van der Waals surface area contributed by atoms with E-state index in [0.717, 1.165) is 22.3 Å². The van der Waals surface area contributed by atoms with Crippen molar-refractivity contribution in [3.8, 4) is 5.75 Å².